The van der Waals surface area contributed by atoms with E-state index in [1.807, 2.05) is 50.2 Å². The number of furan rings is 1. The molecule has 1 saturated heterocycles. The molecule has 1 fully saturated rings. The number of carbonyl (C=O) groups excluding carboxylic acids is 1. The molecule has 122 valence electrons. The minimum absolute atomic E-state index is 0.138. The highest BCUT2D eigenvalue weighted by Gasteiger charge is 2.60. The van der Waals surface area contributed by atoms with Crippen molar-refractivity contribution < 1.29 is 9.21 Å². The number of benzene rings is 2. The molecule has 2 aromatic carbocycles. The number of hydrogen-bond acceptors (Lipinski definition) is 2. The van der Waals surface area contributed by atoms with E-state index in [1.165, 1.54) is 0 Å². The number of anilines is 1. The Kier molecular flexibility index (Phi) is 3.41. The number of fused-ring (bicyclic) bond motifs is 1. The Balaban J connectivity index is 1.88. The molecule has 2 heterocycles. The van der Waals surface area contributed by atoms with Gasteiger partial charge in [-0.2, -0.15) is 0 Å². The maximum atomic E-state index is 12.5. The Morgan fingerprint density at radius 3 is 2.46 bits per heavy atom. The second-order valence-electron chi connectivity index (χ2n) is 6.21. The normalized spacial score (nSPS) is 23.6. The Labute approximate surface area is 149 Å². The molecular weight excluding hydrogens is 345 g/mol. The first-order valence-electron chi connectivity index (χ1n) is 7.67. The van der Waals surface area contributed by atoms with Gasteiger partial charge in [-0.25, -0.2) is 0 Å². The molecular formula is C19H15Cl2NO2. The summed E-state index contributed by atoms with van der Waals surface area (Å²) in [5.74, 6) is 0.583. The van der Waals surface area contributed by atoms with Crippen LogP contribution >= 0.6 is 23.2 Å². The van der Waals surface area contributed by atoms with Gasteiger partial charge in [0.1, 0.15) is 22.3 Å². The van der Waals surface area contributed by atoms with E-state index < -0.39 is 10.9 Å². The second-order valence-corrected chi connectivity index (χ2v) is 7.09. The Hall–Kier alpha value is -1.97. The molecule has 0 spiro atoms. The lowest BCUT2D eigenvalue weighted by molar-refractivity contribution is -0.127. The van der Waals surface area contributed by atoms with Crippen LogP contribution in [0, 0.1) is 6.92 Å². The van der Waals surface area contributed by atoms with Gasteiger partial charge in [-0.15, -0.1) is 11.6 Å². The monoisotopic (exact) mass is 359 g/mol. The average Bonchev–Trinajstić information content (AvgIpc) is 2.94. The number of alkyl halides is 1. The molecule has 1 aliphatic heterocycles. The van der Waals surface area contributed by atoms with E-state index in [0.29, 0.717) is 5.02 Å². The largest absolute Gasteiger partial charge is 0.458 e. The third kappa shape index (κ3) is 1.95. The maximum absolute atomic E-state index is 12.5. The molecule has 0 aliphatic carbocycles. The lowest BCUT2D eigenvalue weighted by Crippen LogP contribution is -2.69. The zero-order valence-electron chi connectivity index (χ0n) is 13.2. The molecule has 4 rings (SSSR count). The van der Waals surface area contributed by atoms with Crippen LogP contribution in [0.2, 0.25) is 5.02 Å². The van der Waals surface area contributed by atoms with Crippen LogP contribution in [0.3, 0.4) is 0 Å². The number of para-hydroxylation sites is 1. The fraction of sp³-hybridized carbons (Fsp3) is 0.211. The molecule has 0 saturated carbocycles. The van der Waals surface area contributed by atoms with E-state index in [1.54, 1.807) is 17.0 Å². The van der Waals surface area contributed by atoms with E-state index in [0.717, 1.165) is 28.0 Å². The van der Waals surface area contributed by atoms with Crippen molar-refractivity contribution in [3.8, 4) is 0 Å². The van der Waals surface area contributed by atoms with E-state index in [4.69, 9.17) is 27.6 Å². The quantitative estimate of drug-likeness (QED) is 0.461. The fourth-order valence-electron chi connectivity index (χ4n) is 3.49. The number of hydrogen-bond donors (Lipinski definition) is 0. The molecule has 2 unspecified atom stereocenters. The summed E-state index contributed by atoms with van der Waals surface area (Å²) in [7, 11) is 0. The van der Waals surface area contributed by atoms with Gasteiger partial charge < -0.3 is 4.42 Å². The molecule has 2 atom stereocenters. The standard InChI is InChI=1S/C19H15Cl2NO2/c1-11-14-5-3-4-6-15(14)24-17(11)19(2)16(21)18(23)22(19)13-9-7-12(20)8-10-13/h3-10,16H,1-2H3. The number of carbonyl (C=O) groups is 1. The van der Waals surface area contributed by atoms with Crippen LogP contribution in [0.5, 0.6) is 0 Å². The number of aryl methyl sites for hydroxylation is 1. The van der Waals surface area contributed by atoms with Gasteiger partial charge in [-0.05, 0) is 44.2 Å². The lowest BCUT2D eigenvalue weighted by Gasteiger charge is -2.52. The van der Waals surface area contributed by atoms with Crippen molar-refractivity contribution in [3.63, 3.8) is 0 Å². The van der Waals surface area contributed by atoms with Crippen molar-refractivity contribution >= 4 is 45.8 Å². The molecule has 1 aromatic heterocycles. The molecule has 5 heteroatoms. The van der Waals surface area contributed by atoms with Gasteiger partial charge in [0.2, 0.25) is 5.91 Å². The van der Waals surface area contributed by atoms with Gasteiger partial charge in [-0.3, -0.25) is 9.69 Å². The van der Waals surface area contributed by atoms with Crippen LogP contribution in [0.4, 0.5) is 5.69 Å². The highest BCUT2D eigenvalue weighted by molar-refractivity contribution is 6.38. The maximum Gasteiger partial charge on any atom is 0.248 e. The summed E-state index contributed by atoms with van der Waals surface area (Å²) in [6.07, 6.45) is 0. The zero-order valence-corrected chi connectivity index (χ0v) is 14.7. The van der Waals surface area contributed by atoms with E-state index in [-0.39, 0.29) is 5.91 Å². The summed E-state index contributed by atoms with van der Waals surface area (Å²) in [6, 6.07) is 15.0. The van der Waals surface area contributed by atoms with Gasteiger partial charge in [0.15, 0.2) is 0 Å². The van der Waals surface area contributed by atoms with Crippen molar-refractivity contribution in [2.24, 2.45) is 0 Å². The fourth-order valence-corrected chi connectivity index (χ4v) is 3.91. The predicted molar refractivity (Wildman–Crippen MR) is 96.9 cm³/mol. The Bertz CT molecular complexity index is 948. The van der Waals surface area contributed by atoms with Crippen molar-refractivity contribution in [1.82, 2.24) is 0 Å². The van der Waals surface area contributed by atoms with Crippen molar-refractivity contribution in [1.29, 1.82) is 0 Å². The number of halogens is 2. The third-order valence-electron chi connectivity index (χ3n) is 4.78. The molecule has 1 amide bonds. The highest BCUT2D eigenvalue weighted by Crippen LogP contribution is 2.50. The lowest BCUT2D eigenvalue weighted by atomic mass is 9.80. The van der Waals surface area contributed by atoms with Gasteiger partial charge in [0, 0.05) is 21.7 Å². The summed E-state index contributed by atoms with van der Waals surface area (Å²) in [4.78, 5) is 14.2. The minimum Gasteiger partial charge on any atom is -0.458 e. The SMILES string of the molecule is Cc1c(C2(C)C(Cl)C(=O)N2c2ccc(Cl)cc2)oc2ccccc12. The second kappa shape index (κ2) is 5.27. The third-order valence-corrected chi connectivity index (χ3v) is 5.65. The minimum atomic E-state index is -0.741. The van der Waals surface area contributed by atoms with Crippen LogP contribution in [0.1, 0.15) is 18.2 Å². The highest BCUT2D eigenvalue weighted by atomic mass is 35.5. The van der Waals surface area contributed by atoms with Gasteiger partial charge in [-0.1, -0.05) is 29.8 Å². The predicted octanol–water partition coefficient (Wildman–Crippen LogP) is 5.26. The van der Waals surface area contributed by atoms with Gasteiger partial charge in [0.05, 0.1) is 0 Å². The van der Waals surface area contributed by atoms with Crippen LogP contribution < -0.4 is 4.90 Å². The number of amides is 1. The van der Waals surface area contributed by atoms with E-state index in [2.05, 4.69) is 0 Å². The smallest absolute Gasteiger partial charge is 0.248 e. The molecule has 3 aromatic rings. The first kappa shape index (κ1) is 15.6. The molecule has 0 N–H and O–H groups in total. The van der Waals surface area contributed by atoms with Crippen molar-refractivity contribution in [2.75, 3.05) is 4.90 Å². The van der Waals surface area contributed by atoms with Crippen LogP contribution in [0.25, 0.3) is 11.0 Å². The van der Waals surface area contributed by atoms with Crippen LogP contribution in [-0.4, -0.2) is 11.3 Å². The molecule has 0 bridgehead atoms. The number of nitrogens with zero attached hydrogens (tertiary/aromatic N) is 1. The van der Waals surface area contributed by atoms with Gasteiger partial charge >= 0.3 is 0 Å². The molecule has 24 heavy (non-hydrogen) atoms. The van der Waals surface area contributed by atoms with Crippen LogP contribution in [-0.2, 0) is 10.3 Å². The van der Waals surface area contributed by atoms with Crippen LogP contribution in [0.15, 0.2) is 52.9 Å². The summed E-state index contributed by atoms with van der Waals surface area (Å²) in [5.41, 5.74) is 1.81. The molecule has 0 radical (unpaired) electrons. The van der Waals surface area contributed by atoms with E-state index in [9.17, 15) is 4.79 Å². The van der Waals surface area contributed by atoms with Crippen molar-refractivity contribution in [3.05, 3.63) is 64.9 Å². The molecule has 1 aliphatic rings. The van der Waals surface area contributed by atoms with Gasteiger partial charge in [0.25, 0.3) is 0 Å². The zero-order chi connectivity index (χ0) is 17.1. The summed E-state index contributed by atoms with van der Waals surface area (Å²) in [5, 5.41) is 0.983. The Morgan fingerprint density at radius 1 is 1.12 bits per heavy atom. The first-order valence-corrected chi connectivity index (χ1v) is 8.48. The average molecular weight is 360 g/mol. The summed E-state index contributed by atoms with van der Waals surface area (Å²) in [6.45, 7) is 3.93. The number of β-lactam (4-membered cyclic amide) rings is 1. The first-order chi connectivity index (χ1) is 11.4. The number of rotatable bonds is 2. The van der Waals surface area contributed by atoms with Crippen molar-refractivity contribution in [2.45, 2.75) is 24.8 Å². The Morgan fingerprint density at radius 2 is 1.79 bits per heavy atom. The summed E-state index contributed by atoms with van der Waals surface area (Å²) >= 11 is 12.4. The topological polar surface area (TPSA) is 33.5 Å². The van der Waals surface area contributed by atoms with E-state index >= 15 is 0 Å². The molecule has 3 nitrogen and oxygen atoms in total. The summed E-state index contributed by atoms with van der Waals surface area (Å²) < 4.78 is 6.10.